The molecule has 1 aliphatic carbocycles. The number of rotatable bonds is 9. The van der Waals surface area contributed by atoms with Gasteiger partial charge in [0.05, 0.1) is 30.2 Å². The highest BCUT2D eigenvalue weighted by Gasteiger charge is 2.46. The third-order valence-electron chi connectivity index (χ3n) is 9.03. The molecule has 2 aromatic carbocycles. The van der Waals surface area contributed by atoms with Crippen LogP contribution in [0.5, 0.6) is 0 Å². The predicted octanol–water partition coefficient (Wildman–Crippen LogP) is 6.68. The second-order valence-corrected chi connectivity index (χ2v) is 13.1. The van der Waals surface area contributed by atoms with Gasteiger partial charge in [-0.15, -0.1) is 0 Å². The van der Waals surface area contributed by atoms with Crippen LogP contribution in [-0.2, 0) is 29.3 Å². The van der Waals surface area contributed by atoms with Crippen LogP contribution in [0, 0.1) is 11.8 Å². The third-order valence-corrected chi connectivity index (χ3v) is 9.03. The number of nitrogens with two attached hydrogens (primary N) is 1. The van der Waals surface area contributed by atoms with Gasteiger partial charge in [0.25, 0.3) is 11.8 Å². The van der Waals surface area contributed by atoms with Gasteiger partial charge < -0.3 is 10.6 Å². The fourth-order valence-corrected chi connectivity index (χ4v) is 6.74. The maximum absolute atomic E-state index is 14.9. The van der Waals surface area contributed by atoms with Gasteiger partial charge in [-0.05, 0) is 53.5 Å². The summed E-state index contributed by atoms with van der Waals surface area (Å²) in [5.41, 5.74) is 8.72. The number of guanidine groups is 1. The van der Waals surface area contributed by atoms with Crippen molar-refractivity contribution in [2.24, 2.45) is 22.6 Å². The molecule has 3 heterocycles. The fourth-order valence-electron chi connectivity index (χ4n) is 6.74. The largest absolute Gasteiger partial charge is 0.369 e. The van der Waals surface area contributed by atoms with E-state index in [1.54, 1.807) is 18.3 Å². The number of amides is 2. The van der Waals surface area contributed by atoms with E-state index in [1.807, 2.05) is 50.2 Å². The van der Waals surface area contributed by atoms with Gasteiger partial charge in [0.1, 0.15) is 0 Å². The van der Waals surface area contributed by atoms with E-state index in [0.29, 0.717) is 24.4 Å². The summed E-state index contributed by atoms with van der Waals surface area (Å²) in [5, 5.41) is 0. The van der Waals surface area contributed by atoms with E-state index in [0.717, 1.165) is 43.0 Å². The van der Waals surface area contributed by atoms with E-state index < -0.39 is 23.4 Å². The fraction of sp³-hybridized carbons (Fsp3) is 0.429. The molecule has 0 radical (unpaired) electrons. The quantitative estimate of drug-likeness (QED) is 0.297. The Bertz CT molecular complexity index is 1570. The predicted molar refractivity (Wildman–Crippen MR) is 165 cm³/mol. The first-order valence-corrected chi connectivity index (χ1v) is 15.4. The standard InChI is InChI=1S/C35H39F2N5O2/c1-22(2)16-30(42-31(43)19-35(40-33(42)38,18-23-11-12-23)26-9-5-4-6-10-26)24-13-14-28(34(3,36)37)27(17-24)32(44)41-20-25-8-7-15-39-29(25)21-41/h4-10,13-15,17,22-23,30H,11-12,16,18-21H2,1-3H3,(H2,38,40)/t30?,35-/m0/s1. The summed E-state index contributed by atoms with van der Waals surface area (Å²) in [6, 6.07) is 17.4. The minimum absolute atomic E-state index is 0.0797. The van der Waals surface area contributed by atoms with Crippen LogP contribution in [0.4, 0.5) is 8.78 Å². The number of aliphatic imine (C=N–C) groups is 1. The molecule has 2 aliphatic heterocycles. The summed E-state index contributed by atoms with van der Waals surface area (Å²) >= 11 is 0. The number of pyridine rings is 1. The van der Waals surface area contributed by atoms with Crippen molar-refractivity contribution in [3.8, 4) is 0 Å². The molecule has 3 aromatic rings. The average Bonchev–Trinajstić information content (AvgIpc) is 3.68. The van der Waals surface area contributed by atoms with Crippen molar-refractivity contribution in [1.82, 2.24) is 14.8 Å². The van der Waals surface area contributed by atoms with Crippen LogP contribution in [0.1, 0.15) is 97.2 Å². The highest BCUT2D eigenvalue weighted by atomic mass is 19.3. The van der Waals surface area contributed by atoms with Crippen molar-refractivity contribution in [2.75, 3.05) is 0 Å². The molecular weight excluding hydrogens is 560 g/mol. The monoisotopic (exact) mass is 599 g/mol. The van der Waals surface area contributed by atoms with Crippen molar-refractivity contribution in [3.63, 3.8) is 0 Å². The summed E-state index contributed by atoms with van der Waals surface area (Å²) in [5.74, 6) is -3.15. The number of alkyl halides is 2. The van der Waals surface area contributed by atoms with Gasteiger partial charge in [0, 0.05) is 30.8 Å². The van der Waals surface area contributed by atoms with E-state index >= 15 is 0 Å². The van der Waals surface area contributed by atoms with Crippen LogP contribution in [0.3, 0.4) is 0 Å². The van der Waals surface area contributed by atoms with Gasteiger partial charge in [-0.1, -0.05) is 75.2 Å². The molecule has 1 aromatic heterocycles. The number of fused-ring (bicyclic) bond motifs is 1. The number of halogens is 2. The Labute approximate surface area is 257 Å². The first-order chi connectivity index (χ1) is 20.9. The Morgan fingerprint density at radius 1 is 1.09 bits per heavy atom. The molecule has 0 saturated heterocycles. The van der Waals surface area contributed by atoms with Crippen LogP contribution >= 0.6 is 0 Å². The summed E-state index contributed by atoms with van der Waals surface area (Å²) in [6.45, 7) is 5.40. The van der Waals surface area contributed by atoms with E-state index in [2.05, 4.69) is 4.98 Å². The summed E-state index contributed by atoms with van der Waals surface area (Å²) in [6.07, 6.45) is 5.31. The molecule has 2 atom stereocenters. The maximum atomic E-state index is 14.9. The van der Waals surface area contributed by atoms with Gasteiger partial charge in [0.15, 0.2) is 5.96 Å². The number of benzene rings is 2. The number of hydrogen-bond acceptors (Lipinski definition) is 5. The average molecular weight is 600 g/mol. The Kier molecular flexibility index (Phi) is 7.76. The molecule has 0 bridgehead atoms. The summed E-state index contributed by atoms with van der Waals surface area (Å²) < 4.78 is 29.8. The molecule has 9 heteroatoms. The Hall–Kier alpha value is -4.14. The highest BCUT2D eigenvalue weighted by Crippen LogP contribution is 2.47. The normalized spacial score (nSPS) is 21.0. The molecule has 6 rings (SSSR count). The number of aromatic nitrogens is 1. The molecule has 0 spiro atoms. The first-order valence-electron chi connectivity index (χ1n) is 15.4. The summed E-state index contributed by atoms with van der Waals surface area (Å²) in [4.78, 5) is 40.5. The number of hydrogen-bond donors (Lipinski definition) is 1. The zero-order chi connectivity index (χ0) is 31.2. The van der Waals surface area contributed by atoms with Crippen molar-refractivity contribution < 1.29 is 18.4 Å². The lowest BCUT2D eigenvalue weighted by Gasteiger charge is -2.42. The van der Waals surface area contributed by atoms with Crippen molar-refractivity contribution >= 4 is 17.8 Å². The minimum Gasteiger partial charge on any atom is -0.369 e. The maximum Gasteiger partial charge on any atom is 0.271 e. The lowest BCUT2D eigenvalue weighted by molar-refractivity contribution is -0.132. The minimum atomic E-state index is -3.25. The molecule has 3 aliphatic rings. The topological polar surface area (TPSA) is 91.9 Å². The molecule has 230 valence electrons. The highest BCUT2D eigenvalue weighted by molar-refractivity contribution is 6.00. The van der Waals surface area contributed by atoms with E-state index in [-0.39, 0.29) is 41.9 Å². The molecule has 2 amide bonds. The smallest absolute Gasteiger partial charge is 0.271 e. The Morgan fingerprint density at radius 3 is 2.48 bits per heavy atom. The Morgan fingerprint density at radius 2 is 1.84 bits per heavy atom. The summed E-state index contributed by atoms with van der Waals surface area (Å²) in [7, 11) is 0. The molecule has 1 saturated carbocycles. The second kappa shape index (κ2) is 11.4. The number of nitrogens with zero attached hydrogens (tertiary/aromatic N) is 4. The van der Waals surface area contributed by atoms with Gasteiger partial charge in [-0.25, -0.2) is 13.8 Å². The van der Waals surface area contributed by atoms with Gasteiger partial charge >= 0.3 is 0 Å². The van der Waals surface area contributed by atoms with Crippen LogP contribution < -0.4 is 5.73 Å². The lowest BCUT2D eigenvalue weighted by atomic mass is 9.80. The van der Waals surface area contributed by atoms with Crippen LogP contribution in [0.2, 0.25) is 0 Å². The van der Waals surface area contributed by atoms with E-state index in [4.69, 9.17) is 10.7 Å². The van der Waals surface area contributed by atoms with E-state index in [1.165, 1.54) is 21.9 Å². The first kappa shape index (κ1) is 29.9. The zero-order valence-corrected chi connectivity index (χ0v) is 25.5. The third kappa shape index (κ3) is 5.84. The van der Waals surface area contributed by atoms with Gasteiger partial charge in [-0.3, -0.25) is 19.5 Å². The number of carbonyl (C=O) groups is 2. The lowest BCUT2D eigenvalue weighted by Crippen LogP contribution is -2.52. The molecule has 2 N–H and O–H groups in total. The van der Waals surface area contributed by atoms with Gasteiger partial charge in [-0.2, -0.15) is 0 Å². The van der Waals surface area contributed by atoms with Crippen molar-refractivity contribution in [2.45, 2.75) is 83.5 Å². The number of carbonyl (C=O) groups excluding carboxylic acids is 2. The SMILES string of the molecule is CC(C)CC(c1ccc(C(C)(F)F)c(C(=O)N2Cc3cccnc3C2)c1)N1C(=O)C[C@@](CC2CC2)(c2ccccc2)N=C1N. The molecular formula is C35H39F2N5O2. The van der Waals surface area contributed by atoms with E-state index in [9.17, 15) is 18.4 Å². The van der Waals surface area contributed by atoms with Crippen molar-refractivity contribution in [3.05, 3.63) is 100 Å². The molecule has 1 fully saturated rings. The van der Waals surface area contributed by atoms with Gasteiger partial charge in [0.2, 0.25) is 5.91 Å². The van der Waals surface area contributed by atoms with Crippen LogP contribution in [0.25, 0.3) is 0 Å². The second-order valence-electron chi connectivity index (χ2n) is 13.1. The molecule has 44 heavy (non-hydrogen) atoms. The molecule has 7 nitrogen and oxygen atoms in total. The zero-order valence-electron chi connectivity index (χ0n) is 25.5. The van der Waals surface area contributed by atoms with Crippen LogP contribution in [0.15, 0.2) is 71.9 Å². The molecule has 1 unspecified atom stereocenters. The van der Waals surface area contributed by atoms with Crippen LogP contribution in [-0.4, -0.2) is 32.6 Å². The van der Waals surface area contributed by atoms with Crippen molar-refractivity contribution in [1.29, 1.82) is 0 Å². The Balaban J connectivity index is 1.39.